The summed E-state index contributed by atoms with van der Waals surface area (Å²) in [7, 11) is 0. The molecule has 1 fully saturated rings. The third-order valence-electron chi connectivity index (χ3n) is 3.84. The van der Waals surface area contributed by atoms with E-state index in [1.165, 1.54) is 6.21 Å². The van der Waals surface area contributed by atoms with Crippen molar-refractivity contribution in [2.24, 2.45) is 16.3 Å². The van der Waals surface area contributed by atoms with Crippen molar-refractivity contribution in [3.05, 3.63) is 29.8 Å². The second-order valence-corrected chi connectivity index (χ2v) is 6.70. The molecule has 0 heterocycles. The minimum absolute atomic E-state index is 0.0104. The van der Waals surface area contributed by atoms with Gasteiger partial charge in [-0.25, -0.2) is 0 Å². The fraction of sp³-hybridized carbons (Fsp3) is 0.444. The Kier molecular flexibility index (Phi) is 4.69. The predicted molar refractivity (Wildman–Crippen MR) is 85.5 cm³/mol. The second kappa shape index (κ2) is 6.34. The Balaban J connectivity index is 1.99. The molecule has 0 unspecified atom stereocenters. The van der Waals surface area contributed by atoms with E-state index >= 15 is 0 Å². The molecule has 116 valence electrons. The molecule has 1 aromatic carbocycles. The minimum Gasteiger partial charge on any atom is -0.298 e. The summed E-state index contributed by atoms with van der Waals surface area (Å²) in [6.45, 7) is 5.74. The molecule has 4 heteroatoms. The number of carbonyl (C=O) groups is 3. The predicted octanol–water partition coefficient (Wildman–Crippen LogP) is 3.23. The Morgan fingerprint density at radius 1 is 1.18 bits per heavy atom. The maximum Gasteiger partial charge on any atom is 0.156 e. The molecule has 1 saturated carbocycles. The van der Waals surface area contributed by atoms with Crippen LogP contribution in [0.5, 0.6) is 0 Å². The molecular weight excluding hydrogens is 278 g/mol. The minimum atomic E-state index is -1.09. The van der Waals surface area contributed by atoms with Gasteiger partial charge in [-0.15, -0.1) is 0 Å². The van der Waals surface area contributed by atoms with Gasteiger partial charge in [0, 0.05) is 25.5 Å². The van der Waals surface area contributed by atoms with E-state index in [4.69, 9.17) is 0 Å². The summed E-state index contributed by atoms with van der Waals surface area (Å²) < 4.78 is 0. The van der Waals surface area contributed by atoms with Gasteiger partial charge in [-0.05, 0) is 24.5 Å². The van der Waals surface area contributed by atoms with Crippen LogP contribution in [0.4, 0.5) is 5.69 Å². The first-order valence-corrected chi connectivity index (χ1v) is 7.46. The summed E-state index contributed by atoms with van der Waals surface area (Å²) in [4.78, 5) is 40.4. The van der Waals surface area contributed by atoms with E-state index in [0.29, 0.717) is 0 Å². The molecule has 0 radical (unpaired) electrons. The molecule has 0 aliphatic heterocycles. The Labute approximate surface area is 130 Å². The number of aryl methyl sites for hydroxylation is 1. The smallest absolute Gasteiger partial charge is 0.156 e. The average molecular weight is 299 g/mol. The van der Waals surface area contributed by atoms with Gasteiger partial charge in [0.2, 0.25) is 0 Å². The molecule has 0 saturated heterocycles. The number of hydrogen-bond donors (Lipinski definition) is 0. The quantitative estimate of drug-likeness (QED) is 0.633. The maximum absolute atomic E-state index is 12.1. The number of aliphatic imine (C=N–C) groups is 1. The van der Waals surface area contributed by atoms with Crippen LogP contribution in [0.15, 0.2) is 29.3 Å². The van der Waals surface area contributed by atoms with Gasteiger partial charge < -0.3 is 0 Å². The highest BCUT2D eigenvalue weighted by Gasteiger charge is 2.42. The Morgan fingerprint density at radius 3 is 2.27 bits per heavy atom. The molecule has 0 atom stereocenters. The van der Waals surface area contributed by atoms with Gasteiger partial charge in [0.15, 0.2) is 17.3 Å². The van der Waals surface area contributed by atoms with Gasteiger partial charge in [-0.2, -0.15) is 0 Å². The summed E-state index contributed by atoms with van der Waals surface area (Å²) in [6, 6.07) is 7.58. The summed E-state index contributed by atoms with van der Waals surface area (Å²) in [5.41, 5.74) is 1.55. The van der Waals surface area contributed by atoms with Gasteiger partial charge in [0.05, 0.1) is 5.69 Å². The average Bonchev–Trinajstić information content (AvgIpc) is 2.38. The van der Waals surface area contributed by atoms with Crippen LogP contribution in [0.2, 0.25) is 0 Å². The van der Waals surface area contributed by atoms with Gasteiger partial charge in [0.25, 0.3) is 0 Å². The highest BCUT2D eigenvalue weighted by atomic mass is 16.2. The van der Waals surface area contributed by atoms with Crippen molar-refractivity contribution in [2.45, 2.75) is 40.0 Å². The van der Waals surface area contributed by atoms with Crippen molar-refractivity contribution in [1.29, 1.82) is 0 Å². The van der Waals surface area contributed by atoms with Crippen LogP contribution in [-0.2, 0) is 14.4 Å². The van der Waals surface area contributed by atoms with Crippen molar-refractivity contribution < 1.29 is 14.4 Å². The molecule has 0 amide bonds. The highest BCUT2D eigenvalue weighted by Crippen LogP contribution is 2.34. The Hall–Kier alpha value is -2.10. The first-order chi connectivity index (χ1) is 10.3. The first kappa shape index (κ1) is 16.3. The molecule has 0 N–H and O–H groups in total. The molecule has 1 aliphatic rings. The molecular formula is C18H21NO3. The molecule has 22 heavy (non-hydrogen) atoms. The van der Waals surface area contributed by atoms with Crippen LogP contribution in [0.25, 0.3) is 0 Å². The number of rotatable bonds is 4. The number of hydrogen-bond acceptors (Lipinski definition) is 4. The number of benzene rings is 1. The summed E-state index contributed by atoms with van der Waals surface area (Å²) >= 11 is 0. The summed E-state index contributed by atoms with van der Waals surface area (Å²) in [6.07, 6.45) is 2.05. The van der Waals surface area contributed by atoms with E-state index in [-0.39, 0.29) is 42.0 Å². The van der Waals surface area contributed by atoms with E-state index < -0.39 is 5.92 Å². The standard InChI is InChI=1S/C18H21NO3/c1-12-4-6-13(7-5-12)19-9-8-14(20)17-15(21)10-18(2,3)11-16(17)22/h4-7,9,17H,8,10-11H2,1-3H3. The molecule has 2 rings (SSSR count). The first-order valence-electron chi connectivity index (χ1n) is 7.46. The summed E-state index contributed by atoms with van der Waals surface area (Å²) in [5.74, 6) is -1.94. The monoisotopic (exact) mass is 299 g/mol. The number of Topliss-reactive ketones (excluding diaryl/α,β-unsaturated/α-hetero) is 3. The number of carbonyl (C=O) groups excluding carboxylic acids is 3. The van der Waals surface area contributed by atoms with Gasteiger partial charge in [0.1, 0.15) is 5.92 Å². The topological polar surface area (TPSA) is 63.6 Å². The SMILES string of the molecule is Cc1ccc(N=CCC(=O)C2C(=O)CC(C)(C)CC2=O)cc1. The largest absolute Gasteiger partial charge is 0.298 e. The van der Waals surface area contributed by atoms with Crippen molar-refractivity contribution in [3.63, 3.8) is 0 Å². The zero-order valence-electron chi connectivity index (χ0n) is 13.3. The number of ketones is 3. The Morgan fingerprint density at radius 2 is 1.73 bits per heavy atom. The van der Waals surface area contributed by atoms with E-state index in [0.717, 1.165) is 11.3 Å². The lowest BCUT2D eigenvalue weighted by Gasteiger charge is -2.31. The molecule has 0 bridgehead atoms. The molecule has 1 aromatic rings. The second-order valence-electron chi connectivity index (χ2n) is 6.70. The lowest BCUT2D eigenvalue weighted by atomic mass is 9.70. The van der Waals surface area contributed by atoms with Gasteiger partial charge in [-0.1, -0.05) is 31.5 Å². The lowest BCUT2D eigenvalue weighted by Crippen LogP contribution is -2.41. The number of nitrogens with zero attached hydrogens (tertiary/aromatic N) is 1. The van der Waals surface area contributed by atoms with Crippen LogP contribution >= 0.6 is 0 Å². The van der Waals surface area contributed by atoms with Gasteiger partial charge in [-0.3, -0.25) is 19.4 Å². The van der Waals surface area contributed by atoms with Crippen LogP contribution in [-0.4, -0.2) is 23.6 Å². The van der Waals surface area contributed by atoms with Crippen LogP contribution < -0.4 is 0 Å². The zero-order chi connectivity index (χ0) is 16.3. The van der Waals surface area contributed by atoms with E-state index in [1.807, 2.05) is 45.0 Å². The van der Waals surface area contributed by atoms with E-state index in [1.54, 1.807) is 0 Å². The summed E-state index contributed by atoms with van der Waals surface area (Å²) in [5, 5.41) is 0. The fourth-order valence-corrected chi connectivity index (χ4v) is 2.74. The molecule has 0 aromatic heterocycles. The van der Waals surface area contributed by atoms with Crippen LogP contribution in [0.1, 0.15) is 38.7 Å². The Bertz CT molecular complexity index is 606. The third-order valence-corrected chi connectivity index (χ3v) is 3.84. The lowest BCUT2D eigenvalue weighted by molar-refractivity contribution is -0.144. The molecule has 4 nitrogen and oxygen atoms in total. The normalized spacial score (nSPS) is 18.9. The third kappa shape index (κ3) is 3.97. The van der Waals surface area contributed by atoms with Crippen LogP contribution in [0, 0.1) is 18.3 Å². The van der Waals surface area contributed by atoms with Crippen molar-refractivity contribution in [3.8, 4) is 0 Å². The maximum atomic E-state index is 12.1. The fourth-order valence-electron chi connectivity index (χ4n) is 2.74. The van der Waals surface area contributed by atoms with Crippen molar-refractivity contribution in [1.82, 2.24) is 0 Å². The molecule has 0 spiro atoms. The highest BCUT2D eigenvalue weighted by molar-refractivity contribution is 6.22. The van der Waals surface area contributed by atoms with E-state index in [2.05, 4.69) is 4.99 Å². The van der Waals surface area contributed by atoms with Crippen LogP contribution in [0.3, 0.4) is 0 Å². The van der Waals surface area contributed by atoms with Crippen molar-refractivity contribution in [2.75, 3.05) is 0 Å². The van der Waals surface area contributed by atoms with Gasteiger partial charge >= 0.3 is 0 Å². The molecule has 1 aliphatic carbocycles. The van der Waals surface area contributed by atoms with E-state index in [9.17, 15) is 14.4 Å². The zero-order valence-corrected chi connectivity index (χ0v) is 13.3. The van der Waals surface area contributed by atoms with Crippen molar-refractivity contribution >= 4 is 29.3 Å².